The normalized spacial score (nSPS) is 11.6. The van der Waals surface area contributed by atoms with Gasteiger partial charge >= 0.3 is 0 Å². The first-order valence-corrected chi connectivity index (χ1v) is 13.3. The summed E-state index contributed by atoms with van der Waals surface area (Å²) in [4.78, 5) is 14.8. The molecule has 0 radical (unpaired) electrons. The fraction of sp³-hybridized carbons (Fsp3) is 0.231. The molecule has 0 unspecified atom stereocenters. The maximum Gasteiger partial charge on any atom is 0.264 e. The maximum absolute atomic E-state index is 13.4. The smallest absolute Gasteiger partial charge is 0.264 e. The van der Waals surface area contributed by atoms with Crippen molar-refractivity contribution in [3.8, 4) is 0 Å². The number of carbonyl (C=O) groups is 1. The van der Waals surface area contributed by atoms with Gasteiger partial charge in [0.15, 0.2) is 0 Å². The molecule has 1 N–H and O–H groups in total. The Balaban J connectivity index is 1.81. The van der Waals surface area contributed by atoms with Crippen molar-refractivity contribution < 1.29 is 13.2 Å². The first-order valence-electron chi connectivity index (χ1n) is 11.1. The number of sulfonamides is 1. The number of hydrogen-bond donors (Lipinski definition) is 1. The van der Waals surface area contributed by atoms with E-state index >= 15 is 0 Å². The number of nitrogens with zero attached hydrogens (tertiary/aromatic N) is 3. The monoisotopic (exact) mass is 556 g/mol. The van der Waals surface area contributed by atoms with Crippen molar-refractivity contribution >= 4 is 49.4 Å². The van der Waals surface area contributed by atoms with Crippen LogP contribution in [0.1, 0.15) is 30.9 Å². The van der Waals surface area contributed by atoms with E-state index in [1.54, 1.807) is 30.3 Å². The number of hydrogen-bond acceptors (Lipinski definition) is 5. The van der Waals surface area contributed by atoms with Crippen LogP contribution in [-0.2, 0) is 14.8 Å². The topological polar surface area (TPSA) is 82.1 Å². The molecule has 3 aromatic rings. The number of amides is 1. The van der Waals surface area contributed by atoms with E-state index in [4.69, 9.17) is 0 Å². The third-order valence-electron chi connectivity index (χ3n) is 5.32. The van der Waals surface area contributed by atoms with Gasteiger partial charge in [-0.15, -0.1) is 0 Å². The molecule has 184 valence electrons. The zero-order valence-electron chi connectivity index (χ0n) is 20.1. The molecule has 1 amide bonds. The largest absolute Gasteiger partial charge is 0.377 e. The van der Waals surface area contributed by atoms with Crippen LogP contribution < -0.4 is 14.6 Å². The molecule has 0 bridgehead atoms. The summed E-state index contributed by atoms with van der Waals surface area (Å²) in [5, 5.41) is 4.02. The summed E-state index contributed by atoms with van der Waals surface area (Å²) < 4.78 is 28.8. The molecule has 0 saturated carbocycles. The summed E-state index contributed by atoms with van der Waals surface area (Å²) in [5.74, 6) is -0.259. The van der Waals surface area contributed by atoms with Crippen molar-refractivity contribution in [2.24, 2.45) is 5.10 Å². The zero-order valence-corrected chi connectivity index (χ0v) is 22.5. The summed E-state index contributed by atoms with van der Waals surface area (Å²) >= 11 is 3.52. The first-order chi connectivity index (χ1) is 16.6. The van der Waals surface area contributed by atoms with E-state index in [9.17, 15) is 13.2 Å². The van der Waals surface area contributed by atoms with Gasteiger partial charge < -0.3 is 4.90 Å². The maximum atomic E-state index is 13.4. The van der Waals surface area contributed by atoms with Crippen molar-refractivity contribution in [2.75, 3.05) is 29.8 Å². The van der Waals surface area contributed by atoms with E-state index in [1.165, 1.54) is 18.3 Å². The molecule has 0 heterocycles. The number of anilines is 2. The molecule has 0 aliphatic carbocycles. The first kappa shape index (κ1) is 26.4. The van der Waals surface area contributed by atoms with Crippen LogP contribution in [0.25, 0.3) is 0 Å². The molecule has 0 aliphatic rings. The zero-order chi connectivity index (χ0) is 25.6. The Morgan fingerprint density at radius 1 is 1.03 bits per heavy atom. The van der Waals surface area contributed by atoms with Crippen molar-refractivity contribution in [3.63, 3.8) is 0 Å². The predicted octanol–water partition coefficient (Wildman–Crippen LogP) is 4.98. The molecule has 7 nitrogen and oxygen atoms in total. The van der Waals surface area contributed by atoms with E-state index in [1.807, 2.05) is 49.3 Å². The third-order valence-corrected chi connectivity index (χ3v) is 7.75. The fourth-order valence-electron chi connectivity index (χ4n) is 3.37. The SMILES string of the molecule is CC(C)c1ccc(N(CC(=O)N/N=C\c2ccc(N(C)C)c(Br)c2)S(=O)(=O)c2ccccc2)cc1. The number of rotatable bonds is 9. The van der Waals surface area contributed by atoms with Crippen LogP contribution in [0.4, 0.5) is 11.4 Å². The minimum atomic E-state index is -3.97. The quantitative estimate of drug-likeness (QED) is 0.297. The molecular formula is C26H29BrN4O3S. The van der Waals surface area contributed by atoms with E-state index in [2.05, 4.69) is 40.3 Å². The summed E-state index contributed by atoms with van der Waals surface area (Å²) in [6, 6.07) is 20.9. The van der Waals surface area contributed by atoms with Crippen molar-refractivity contribution in [2.45, 2.75) is 24.7 Å². The Bertz CT molecular complexity index is 1290. The Labute approximate surface area is 215 Å². The lowest BCUT2D eigenvalue weighted by Crippen LogP contribution is -2.39. The van der Waals surface area contributed by atoms with Crippen LogP contribution in [0, 0.1) is 0 Å². The second kappa shape index (κ2) is 11.5. The summed E-state index contributed by atoms with van der Waals surface area (Å²) in [5.41, 5.74) is 5.71. The van der Waals surface area contributed by atoms with Crippen molar-refractivity contribution in [1.29, 1.82) is 0 Å². The van der Waals surface area contributed by atoms with Gasteiger partial charge in [-0.25, -0.2) is 13.8 Å². The van der Waals surface area contributed by atoms with Crippen LogP contribution in [0.3, 0.4) is 0 Å². The van der Waals surface area contributed by atoms with Gasteiger partial charge in [0.25, 0.3) is 15.9 Å². The van der Waals surface area contributed by atoms with Gasteiger partial charge in [0.1, 0.15) is 6.54 Å². The molecule has 9 heteroatoms. The second-order valence-corrected chi connectivity index (χ2v) is 11.2. The third kappa shape index (κ3) is 6.70. The van der Waals surface area contributed by atoms with Crippen LogP contribution >= 0.6 is 15.9 Å². The van der Waals surface area contributed by atoms with Gasteiger partial charge in [0.2, 0.25) is 0 Å². The van der Waals surface area contributed by atoms with E-state index in [-0.39, 0.29) is 4.90 Å². The number of carbonyl (C=O) groups excluding carboxylic acids is 1. The Morgan fingerprint density at radius 3 is 2.26 bits per heavy atom. The van der Waals surface area contributed by atoms with Gasteiger partial charge in [-0.1, -0.05) is 50.2 Å². The van der Waals surface area contributed by atoms with Crippen molar-refractivity contribution in [1.82, 2.24) is 5.43 Å². The molecule has 3 aromatic carbocycles. The van der Waals surface area contributed by atoms with Gasteiger partial charge in [-0.3, -0.25) is 9.10 Å². The lowest BCUT2D eigenvalue weighted by atomic mass is 10.0. The predicted molar refractivity (Wildman–Crippen MR) is 146 cm³/mol. The lowest BCUT2D eigenvalue weighted by Gasteiger charge is -2.24. The van der Waals surface area contributed by atoms with Gasteiger partial charge in [-0.2, -0.15) is 5.10 Å². The Kier molecular flexibility index (Phi) is 8.69. The number of hydrazone groups is 1. The molecular weight excluding hydrogens is 528 g/mol. The van der Waals surface area contributed by atoms with Gasteiger partial charge in [0, 0.05) is 18.6 Å². The Hall–Kier alpha value is -3.17. The average Bonchev–Trinajstić information content (AvgIpc) is 2.83. The van der Waals surface area contributed by atoms with Crippen LogP contribution in [0.15, 0.2) is 87.3 Å². The van der Waals surface area contributed by atoms with Crippen LogP contribution in [0.5, 0.6) is 0 Å². The number of nitrogens with one attached hydrogen (secondary N) is 1. The van der Waals surface area contributed by atoms with Crippen LogP contribution in [0.2, 0.25) is 0 Å². The highest BCUT2D eigenvalue weighted by Gasteiger charge is 2.27. The van der Waals surface area contributed by atoms with Crippen molar-refractivity contribution in [3.05, 3.63) is 88.4 Å². The minimum absolute atomic E-state index is 0.107. The number of halogens is 1. The van der Waals surface area contributed by atoms with Gasteiger partial charge in [0.05, 0.1) is 22.5 Å². The van der Waals surface area contributed by atoms with E-state index in [0.29, 0.717) is 11.6 Å². The molecule has 0 saturated heterocycles. The van der Waals surface area contributed by atoms with Gasteiger partial charge in [-0.05, 0) is 69.4 Å². The fourth-order valence-corrected chi connectivity index (χ4v) is 5.56. The molecule has 3 rings (SSSR count). The van der Waals surface area contributed by atoms with E-state index in [0.717, 1.165) is 25.6 Å². The van der Waals surface area contributed by atoms with Crippen LogP contribution in [-0.4, -0.2) is 41.2 Å². The highest BCUT2D eigenvalue weighted by molar-refractivity contribution is 9.10. The highest BCUT2D eigenvalue weighted by atomic mass is 79.9. The lowest BCUT2D eigenvalue weighted by molar-refractivity contribution is -0.119. The van der Waals surface area contributed by atoms with E-state index < -0.39 is 22.5 Å². The standard InChI is InChI=1S/C26H29BrN4O3S/c1-19(2)21-11-13-22(14-12-21)31(35(33,34)23-8-6-5-7-9-23)18-26(32)29-28-17-20-10-15-25(30(3)4)24(27)16-20/h5-17,19H,18H2,1-4H3,(H,29,32)/b28-17-. The average molecular weight is 558 g/mol. The second-order valence-electron chi connectivity index (χ2n) is 8.47. The molecule has 0 spiro atoms. The minimum Gasteiger partial charge on any atom is -0.377 e. The Morgan fingerprint density at radius 2 is 1.69 bits per heavy atom. The summed E-state index contributed by atoms with van der Waals surface area (Å²) in [6.07, 6.45) is 1.51. The molecule has 0 aromatic heterocycles. The molecule has 0 atom stereocenters. The molecule has 0 fully saturated rings. The summed E-state index contributed by atoms with van der Waals surface area (Å²) in [6.45, 7) is 3.70. The molecule has 35 heavy (non-hydrogen) atoms. The summed E-state index contributed by atoms with van der Waals surface area (Å²) in [7, 11) is -0.0800. The number of benzene rings is 3. The highest BCUT2D eigenvalue weighted by Crippen LogP contribution is 2.26. The molecule has 0 aliphatic heterocycles.